The summed E-state index contributed by atoms with van der Waals surface area (Å²) in [6.45, 7) is 1.91. The second-order valence-corrected chi connectivity index (χ2v) is 4.33. The van der Waals surface area contributed by atoms with Crippen molar-refractivity contribution in [2.24, 2.45) is 0 Å². The van der Waals surface area contributed by atoms with Crippen LogP contribution in [0.1, 0.15) is 36.4 Å². The first-order chi connectivity index (χ1) is 8.36. The van der Waals surface area contributed by atoms with Gasteiger partial charge in [0.25, 0.3) is 0 Å². The number of hydrogen-bond donors (Lipinski definition) is 0. The van der Waals surface area contributed by atoms with Crippen LogP contribution in [0.5, 0.6) is 0 Å². The molecule has 1 heterocycles. The summed E-state index contributed by atoms with van der Waals surface area (Å²) >= 11 is 0. The molecule has 1 aromatic carbocycles. The van der Waals surface area contributed by atoms with E-state index in [1.807, 2.05) is 18.2 Å². The number of piperidine rings is 1. The van der Waals surface area contributed by atoms with Gasteiger partial charge in [-0.05, 0) is 32.0 Å². The molecule has 0 aliphatic carbocycles. The Balaban J connectivity index is 2.29. The maximum Gasteiger partial charge on any atom is 0.125 e. The lowest BCUT2D eigenvalue weighted by Crippen LogP contribution is -2.33. The molecule has 0 aromatic heterocycles. The maximum atomic E-state index is 9.35. The van der Waals surface area contributed by atoms with Crippen LogP contribution < -0.4 is 0 Å². The van der Waals surface area contributed by atoms with Crippen LogP contribution in [-0.4, -0.2) is 18.0 Å². The number of benzene rings is 1. The molecule has 0 radical (unpaired) electrons. The Morgan fingerprint density at radius 1 is 1.06 bits per heavy atom. The van der Waals surface area contributed by atoms with Crippen molar-refractivity contribution in [1.82, 2.24) is 4.90 Å². The van der Waals surface area contributed by atoms with Crippen molar-refractivity contribution in [3.63, 3.8) is 0 Å². The molecule has 1 saturated heterocycles. The first-order valence-electron chi connectivity index (χ1n) is 5.99. The van der Waals surface area contributed by atoms with Crippen molar-refractivity contribution in [3.8, 4) is 12.1 Å². The largest absolute Gasteiger partial charge is 0.284 e. The van der Waals surface area contributed by atoms with Gasteiger partial charge in [0.05, 0.1) is 17.7 Å². The Hall–Kier alpha value is -1.84. The lowest BCUT2D eigenvalue weighted by molar-refractivity contribution is 0.196. The van der Waals surface area contributed by atoms with Crippen LogP contribution in [0, 0.1) is 22.7 Å². The summed E-state index contributed by atoms with van der Waals surface area (Å²) in [5.74, 6) is 0. The summed E-state index contributed by atoms with van der Waals surface area (Å²) in [5, 5.41) is 18.4. The Bertz CT molecular complexity index is 461. The van der Waals surface area contributed by atoms with E-state index in [1.165, 1.54) is 6.42 Å². The molecule has 1 aromatic rings. The predicted octanol–water partition coefficient (Wildman–Crippen LogP) is 2.61. The molecule has 2 rings (SSSR count). The van der Waals surface area contributed by atoms with Crippen LogP contribution in [0.2, 0.25) is 0 Å². The summed E-state index contributed by atoms with van der Waals surface area (Å²) in [7, 11) is 0. The quantitative estimate of drug-likeness (QED) is 0.777. The van der Waals surface area contributed by atoms with Gasteiger partial charge in [0.15, 0.2) is 0 Å². The highest BCUT2D eigenvalue weighted by Crippen LogP contribution is 2.26. The van der Waals surface area contributed by atoms with E-state index in [1.54, 1.807) is 6.07 Å². The molecule has 0 amide bonds. The van der Waals surface area contributed by atoms with E-state index in [0.717, 1.165) is 31.5 Å². The van der Waals surface area contributed by atoms with Gasteiger partial charge < -0.3 is 0 Å². The highest BCUT2D eigenvalue weighted by atomic mass is 15.2. The molecule has 1 atom stereocenters. The zero-order valence-corrected chi connectivity index (χ0v) is 9.76. The van der Waals surface area contributed by atoms with Crippen LogP contribution in [0.25, 0.3) is 0 Å². The minimum absolute atomic E-state index is 0.272. The molecule has 1 aliphatic rings. The lowest BCUT2D eigenvalue weighted by atomic mass is 9.98. The summed E-state index contributed by atoms with van der Waals surface area (Å²) in [6.07, 6.45) is 3.54. The van der Waals surface area contributed by atoms with E-state index in [-0.39, 0.29) is 6.04 Å². The minimum atomic E-state index is -0.272. The van der Waals surface area contributed by atoms with Crippen molar-refractivity contribution < 1.29 is 0 Å². The second kappa shape index (κ2) is 5.48. The van der Waals surface area contributed by atoms with Gasteiger partial charge in [-0.25, -0.2) is 0 Å². The summed E-state index contributed by atoms with van der Waals surface area (Å²) in [5.41, 5.74) is 1.46. The highest BCUT2D eigenvalue weighted by molar-refractivity contribution is 5.41. The average molecular weight is 225 g/mol. The van der Waals surface area contributed by atoms with Crippen LogP contribution in [-0.2, 0) is 0 Å². The zero-order chi connectivity index (χ0) is 12.1. The van der Waals surface area contributed by atoms with Gasteiger partial charge in [-0.3, -0.25) is 4.90 Å². The summed E-state index contributed by atoms with van der Waals surface area (Å²) in [6, 6.07) is 11.6. The maximum absolute atomic E-state index is 9.35. The fourth-order valence-corrected chi connectivity index (χ4v) is 2.36. The molecule has 17 heavy (non-hydrogen) atoms. The Morgan fingerprint density at radius 3 is 2.41 bits per heavy atom. The highest BCUT2D eigenvalue weighted by Gasteiger charge is 2.23. The third-order valence-electron chi connectivity index (χ3n) is 3.25. The number of likely N-dealkylation sites (tertiary alicyclic amines) is 1. The Morgan fingerprint density at radius 2 is 1.76 bits per heavy atom. The van der Waals surface area contributed by atoms with Crippen LogP contribution in [0.15, 0.2) is 24.3 Å². The molecule has 1 fully saturated rings. The number of hydrogen-bond acceptors (Lipinski definition) is 3. The van der Waals surface area contributed by atoms with Gasteiger partial charge >= 0.3 is 0 Å². The first kappa shape index (κ1) is 11.6. The minimum Gasteiger partial charge on any atom is -0.284 e. The van der Waals surface area contributed by atoms with E-state index in [9.17, 15) is 5.26 Å². The standard InChI is InChI=1S/C14H15N3/c15-10-12-6-2-3-7-13(12)14(11-16)17-8-4-1-5-9-17/h2-3,6-7,14H,1,4-5,8-9H2. The second-order valence-electron chi connectivity index (χ2n) is 4.33. The van der Waals surface area contributed by atoms with Crippen molar-refractivity contribution >= 4 is 0 Å². The third kappa shape index (κ3) is 2.46. The number of nitrogens with zero attached hydrogens (tertiary/aromatic N) is 3. The fraction of sp³-hybridized carbons (Fsp3) is 0.429. The van der Waals surface area contributed by atoms with Gasteiger partial charge in [-0.15, -0.1) is 0 Å². The molecule has 3 heteroatoms. The topological polar surface area (TPSA) is 50.8 Å². The average Bonchev–Trinajstić information content (AvgIpc) is 2.41. The predicted molar refractivity (Wildman–Crippen MR) is 64.9 cm³/mol. The first-order valence-corrected chi connectivity index (χ1v) is 5.99. The van der Waals surface area contributed by atoms with Crippen LogP contribution in [0.4, 0.5) is 0 Å². The van der Waals surface area contributed by atoms with Gasteiger partial charge in [0.2, 0.25) is 0 Å². The molecule has 0 saturated carbocycles. The van der Waals surface area contributed by atoms with Gasteiger partial charge in [-0.2, -0.15) is 10.5 Å². The molecule has 1 unspecified atom stereocenters. The Kier molecular flexibility index (Phi) is 3.75. The van der Waals surface area contributed by atoms with Crippen molar-refractivity contribution in [2.75, 3.05) is 13.1 Å². The van der Waals surface area contributed by atoms with Crippen molar-refractivity contribution in [3.05, 3.63) is 35.4 Å². The molecule has 3 nitrogen and oxygen atoms in total. The molecule has 0 bridgehead atoms. The number of rotatable bonds is 2. The molecular formula is C14H15N3. The molecule has 1 aliphatic heterocycles. The van der Waals surface area contributed by atoms with Crippen molar-refractivity contribution in [1.29, 1.82) is 10.5 Å². The lowest BCUT2D eigenvalue weighted by Gasteiger charge is -2.31. The van der Waals surface area contributed by atoms with Crippen molar-refractivity contribution in [2.45, 2.75) is 25.3 Å². The summed E-state index contributed by atoms with van der Waals surface area (Å²) < 4.78 is 0. The van der Waals surface area contributed by atoms with E-state index in [2.05, 4.69) is 17.0 Å². The number of nitriles is 2. The van der Waals surface area contributed by atoms with Gasteiger partial charge in [-0.1, -0.05) is 24.6 Å². The smallest absolute Gasteiger partial charge is 0.125 e. The third-order valence-corrected chi connectivity index (χ3v) is 3.25. The normalized spacial score (nSPS) is 18.0. The molecule has 0 spiro atoms. The fourth-order valence-electron chi connectivity index (χ4n) is 2.36. The molecule has 0 N–H and O–H groups in total. The zero-order valence-electron chi connectivity index (χ0n) is 9.76. The van der Waals surface area contributed by atoms with E-state index in [0.29, 0.717) is 5.56 Å². The van der Waals surface area contributed by atoms with E-state index < -0.39 is 0 Å². The monoisotopic (exact) mass is 225 g/mol. The van der Waals surface area contributed by atoms with Crippen LogP contribution >= 0.6 is 0 Å². The van der Waals surface area contributed by atoms with Gasteiger partial charge in [0.1, 0.15) is 6.04 Å². The molecular weight excluding hydrogens is 210 g/mol. The van der Waals surface area contributed by atoms with E-state index in [4.69, 9.17) is 5.26 Å². The SMILES string of the molecule is N#Cc1ccccc1C(C#N)N1CCCCC1. The summed E-state index contributed by atoms with van der Waals surface area (Å²) in [4.78, 5) is 2.18. The Labute approximate surface area is 102 Å². The molecule has 86 valence electrons. The van der Waals surface area contributed by atoms with Crippen LogP contribution in [0.3, 0.4) is 0 Å². The van der Waals surface area contributed by atoms with Gasteiger partial charge in [0, 0.05) is 5.56 Å². The van der Waals surface area contributed by atoms with E-state index >= 15 is 0 Å².